The Bertz CT molecular complexity index is 434. The monoisotopic (exact) mass is 231 g/mol. The third-order valence-corrected chi connectivity index (χ3v) is 3.19. The second-order valence-electron chi connectivity index (χ2n) is 4.42. The number of carboxylic acid groups (broad SMARTS) is 1. The van der Waals surface area contributed by atoms with Crippen LogP contribution in [-0.4, -0.2) is 29.1 Å². The average Bonchev–Trinajstić information content (AvgIpc) is 2.81. The molecule has 17 heavy (non-hydrogen) atoms. The molecule has 2 rings (SSSR count). The molecule has 0 bridgehead atoms. The van der Waals surface area contributed by atoms with Crippen molar-refractivity contribution in [3.05, 3.63) is 42.0 Å². The summed E-state index contributed by atoms with van der Waals surface area (Å²) in [6.07, 6.45) is 2.48. The summed E-state index contributed by atoms with van der Waals surface area (Å²) in [5, 5.41) is 9.01. The Balaban J connectivity index is 2.20. The highest BCUT2D eigenvalue weighted by Crippen LogP contribution is 2.21. The highest BCUT2D eigenvalue weighted by molar-refractivity contribution is 6.14. The Morgan fingerprint density at radius 2 is 1.94 bits per heavy atom. The smallest absolute Gasteiger partial charge is 0.335 e. The van der Waals surface area contributed by atoms with Crippen molar-refractivity contribution in [2.75, 3.05) is 13.1 Å². The van der Waals surface area contributed by atoms with E-state index in [2.05, 4.69) is 11.5 Å². The summed E-state index contributed by atoms with van der Waals surface area (Å²) in [6, 6.07) is 7.63. The van der Waals surface area contributed by atoms with E-state index in [1.807, 2.05) is 24.3 Å². The minimum Gasteiger partial charge on any atom is -0.478 e. The van der Waals surface area contributed by atoms with E-state index in [0.29, 0.717) is 0 Å². The summed E-state index contributed by atoms with van der Waals surface area (Å²) in [5.41, 5.74) is 1.99. The third-order valence-electron chi connectivity index (χ3n) is 3.19. The first kappa shape index (κ1) is 11.9. The van der Waals surface area contributed by atoms with Crippen molar-refractivity contribution < 1.29 is 9.90 Å². The highest BCUT2D eigenvalue weighted by atomic mass is 16.4. The third kappa shape index (κ3) is 2.74. The Morgan fingerprint density at radius 3 is 2.59 bits per heavy atom. The predicted octanol–water partition coefficient (Wildman–Crippen LogP) is 2.38. The number of carbonyl (C=O) groups is 1. The molecule has 3 nitrogen and oxygen atoms in total. The fourth-order valence-electron chi connectivity index (χ4n) is 2.25. The molecule has 0 atom stereocenters. The van der Waals surface area contributed by atoms with Crippen molar-refractivity contribution in [1.82, 2.24) is 4.90 Å². The van der Waals surface area contributed by atoms with Crippen molar-refractivity contribution in [2.24, 2.45) is 0 Å². The van der Waals surface area contributed by atoms with Crippen molar-refractivity contribution in [2.45, 2.75) is 19.4 Å². The predicted molar refractivity (Wildman–Crippen MR) is 67.6 cm³/mol. The topological polar surface area (TPSA) is 40.5 Å². The molecule has 0 aliphatic carbocycles. The molecular weight excluding hydrogens is 214 g/mol. The zero-order valence-corrected chi connectivity index (χ0v) is 9.85. The molecule has 0 unspecified atom stereocenters. The zero-order chi connectivity index (χ0) is 12.3. The van der Waals surface area contributed by atoms with Gasteiger partial charge in [-0.05, 0) is 37.1 Å². The van der Waals surface area contributed by atoms with Crippen LogP contribution in [0.3, 0.4) is 0 Å². The normalized spacial score (nSPS) is 16.0. The molecule has 1 aromatic carbocycles. The lowest BCUT2D eigenvalue weighted by Gasteiger charge is -2.17. The average molecular weight is 231 g/mol. The molecule has 0 spiro atoms. The molecule has 1 heterocycles. The fourth-order valence-corrected chi connectivity index (χ4v) is 2.25. The van der Waals surface area contributed by atoms with E-state index in [9.17, 15) is 4.79 Å². The van der Waals surface area contributed by atoms with Crippen molar-refractivity contribution >= 4 is 11.5 Å². The molecule has 0 amide bonds. The first-order valence-corrected chi connectivity index (χ1v) is 5.91. The number of hydrogen-bond donors (Lipinski definition) is 1. The van der Waals surface area contributed by atoms with Crippen molar-refractivity contribution in [3.8, 4) is 0 Å². The largest absolute Gasteiger partial charge is 0.478 e. The van der Waals surface area contributed by atoms with E-state index in [1.54, 1.807) is 0 Å². The van der Waals surface area contributed by atoms with Gasteiger partial charge in [-0.2, -0.15) is 0 Å². The van der Waals surface area contributed by atoms with Crippen LogP contribution in [0.25, 0.3) is 5.57 Å². The van der Waals surface area contributed by atoms with Gasteiger partial charge in [-0.3, -0.25) is 4.90 Å². The number of aliphatic carboxylic acids is 1. The van der Waals surface area contributed by atoms with Crippen LogP contribution >= 0.6 is 0 Å². The molecule has 0 saturated carbocycles. The zero-order valence-electron chi connectivity index (χ0n) is 9.85. The van der Waals surface area contributed by atoms with Crippen LogP contribution in [0.4, 0.5) is 0 Å². The summed E-state index contributed by atoms with van der Waals surface area (Å²) < 4.78 is 0. The van der Waals surface area contributed by atoms with Gasteiger partial charge in [0.05, 0.1) is 5.57 Å². The van der Waals surface area contributed by atoms with Crippen LogP contribution in [0.2, 0.25) is 0 Å². The lowest BCUT2D eigenvalue weighted by atomic mass is 10.0. The van der Waals surface area contributed by atoms with Gasteiger partial charge in [-0.25, -0.2) is 4.79 Å². The van der Waals surface area contributed by atoms with Crippen LogP contribution in [0.1, 0.15) is 24.0 Å². The van der Waals surface area contributed by atoms with Gasteiger partial charge in [0.1, 0.15) is 0 Å². The maximum atomic E-state index is 11.0. The number of likely N-dealkylation sites (tertiary alicyclic amines) is 1. The van der Waals surface area contributed by atoms with E-state index in [0.717, 1.165) is 30.8 Å². The van der Waals surface area contributed by atoms with Crippen LogP contribution in [-0.2, 0) is 11.3 Å². The standard InChI is InChI=1S/C14H17NO2/c1-11(14(16)17)13-7-3-2-6-12(13)10-15-8-4-5-9-15/h2-3,6-7H,1,4-5,8-10H2,(H,16,17). The number of benzene rings is 1. The van der Waals surface area contributed by atoms with Gasteiger partial charge in [-0.15, -0.1) is 0 Å². The minimum absolute atomic E-state index is 0.180. The first-order valence-electron chi connectivity index (χ1n) is 5.91. The van der Waals surface area contributed by atoms with Crippen LogP contribution in [0, 0.1) is 0 Å². The van der Waals surface area contributed by atoms with Gasteiger partial charge >= 0.3 is 5.97 Å². The van der Waals surface area contributed by atoms with Gasteiger partial charge in [-0.1, -0.05) is 30.8 Å². The van der Waals surface area contributed by atoms with Gasteiger partial charge in [0, 0.05) is 6.54 Å². The molecule has 90 valence electrons. The number of carboxylic acids is 1. The molecule has 1 N–H and O–H groups in total. The van der Waals surface area contributed by atoms with Crippen molar-refractivity contribution in [1.29, 1.82) is 0 Å². The van der Waals surface area contributed by atoms with Gasteiger partial charge in [0.15, 0.2) is 0 Å². The molecule has 0 aromatic heterocycles. The molecule has 3 heteroatoms. The molecule has 1 fully saturated rings. The van der Waals surface area contributed by atoms with Crippen LogP contribution in [0.15, 0.2) is 30.8 Å². The van der Waals surface area contributed by atoms with E-state index in [4.69, 9.17) is 5.11 Å². The number of hydrogen-bond acceptors (Lipinski definition) is 2. The molecule has 1 saturated heterocycles. The van der Waals surface area contributed by atoms with E-state index < -0.39 is 5.97 Å². The second kappa shape index (κ2) is 5.15. The number of nitrogens with zero attached hydrogens (tertiary/aromatic N) is 1. The Labute approximate surface area is 101 Å². The summed E-state index contributed by atoms with van der Waals surface area (Å²) >= 11 is 0. The second-order valence-corrected chi connectivity index (χ2v) is 4.42. The molecule has 1 aliphatic heterocycles. The van der Waals surface area contributed by atoms with Crippen molar-refractivity contribution in [3.63, 3.8) is 0 Å². The van der Waals surface area contributed by atoms with Gasteiger partial charge < -0.3 is 5.11 Å². The molecular formula is C14H17NO2. The summed E-state index contributed by atoms with van der Waals surface area (Å²) in [4.78, 5) is 13.3. The number of rotatable bonds is 4. The first-order chi connectivity index (χ1) is 8.18. The van der Waals surface area contributed by atoms with Gasteiger partial charge in [0.2, 0.25) is 0 Å². The lowest BCUT2D eigenvalue weighted by Crippen LogP contribution is -2.19. The molecule has 0 radical (unpaired) electrons. The summed E-state index contributed by atoms with van der Waals surface area (Å²) in [7, 11) is 0. The van der Waals surface area contributed by atoms with Crippen LogP contribution in [0.5, 0.6) is 0 Å². The summed E-state index contributed by atoms with van der Waals surface area (Å²) in [5.74, 6) is -0.945. The van der Waals surface area contributed by atoms with E-state index >= 15 is 0 Å². The maximum absolute atomic E-state index is 11.0. The van der Waals surface area contributed by atoms with E-state index in [1.165, 1.54) is 12.8 Å². The minimum atomic E-state index is -0.945. The van der Waals surface area contributed by atoms with Crippen LogP contribution < -0.4 is 0 Å². The Kier molecular flexibility index (Phi) is 3.59. The maximum Gasteiger partial charge on any atom is 0.335 e. The molecule has 1 aromatic rings. The fraction of sp³-hybridized carbons (Fsp3) is 0.357. The SMILES string of the molecule is C=C(C(=O)O)c1ccccc1CN1CCCC1. The Hall–Kier alpha value is -1.61. The molecule has 1 aliphatic rings. The quantitative estimate of drug-likeness (QED) is 0.809. The lowest BCUT2D eigenvalue weighted by molar-refractivity contribution is -0.130. The van der Waals surface area contributed by atoms with Gasteiger partial charge in [0.25, 0.3) is 0 Å². The van der Waals surface area contributed by atoms with E-state index in [-0.39, 0.29) is 5.57 Å². The highest BCUT2D eigenvalue weighted by Gasteiger charge is 2.16. The summed E-state index contributed by atoms with van der Waals surface area (Å²) in [6.45, 7) is 6.67. The Morgan fingerprint density at radius 1 is 1.29 bits per heavy atom.